The van der Waals surface area contributed by atoms with Gasteiger partial charge >= 0.3 is 0 Å². The highest BCUT2D eigenvalue weighted by Gasteiger charge is 2.11. The van der Waals surface area contributed by atoms with Gasteiger partial charge < -0.3 is 4.98 Å². The van der Waals surface area contributed by atoms with Gasteiger partial charge in [0.25, 0.3) is 0 Å². The molecule has 0 saturated heterocycles. The molecule has 1 unspecified atom stereocenters. The molecule has 0 aliphatic heterocycles. The topological polar surface area (TPSA) is 41.0 Å². The molecule has 0 aliphatic rings. The molecule has 1 N–H and O–H groups in total. The highest BCUT2D eigenvalue weighted by atomic mass is 14.9. The maximum atomic E-state index is 4.73. The highest BCUT2D eigenvalue weighted by Crippen LogP contribution is 2.11. The van der Waals surface area contributed by atoms with E-state index in [-0.39, 0.29) is 0 Å². The van der Waals surface area contributed by atoms with Gasteiger partial charge in [0.15, 0.2) is 0 Å². The number of aromatic nitrogens is 2. The van der Waals surface area contributed by atoms with Gasteiger partial charge in [-0.05, 0) is 26.2 Å². The molecule has 84 valence electrons. The monoisotopic (exact) mass is 207 g/mol. The third-order valence-electron chi connectivity index (χ3n) is 2.76. The summed E-state index contributed by atoms with van der Waals surface area (Å²) in [6.45, 7) is 10.7. The molecule has 0 amide bonds. The number of hydrogen-bond donors (Lipinski definition) is 1. The Labute approximate surface area is 92.0 Å². The third kappa shape index (κ3) is 2.91. The van der Waals surface area contributed by atoms with E-state index >= 15 is 0 Å². The first-order valence-corrected chi connectivity index (χ1v) is 5.63. The molecular weight excluding hydrogens is 186 g/mol. The van der Waals surface area contributed by atoms with Gasteiger partial charge in [-0.25, -0.2) is 4.98 Å². The summed E-state index contributed by atoms with van der Waals surface area (Å²) in [7, 11) is 0. The minimum Gasteiger partial charge on any atom is -0.348 e. The van der Waals surface area contributed by atoms with E-state index in [0.29, 0.717) is 12.0 Å². The number of aryl methyl sites for hydroxylation is 1. The Kier molecular flexibility index (Phi) is 4.06. The predicted octanol–water partition coefficient (Wildman–Crippen LogP) is 2.96. The maximum Gasteiger partial charge on any atom is 0.105 e. The molecule has 1 aromatic rings. The van der Waals surface area contributed by atoms with Gasteiger partial charge in [-0.2, -0.15) is 0 Å². The van der Waals surface area contributed by atoms with Crippen LogP contribution in [0.15, 0.2) is 11.3 Å². The first kappa shape index (κ1) is 12.0. The fourth-order valence-corrected chi connectivity index (χ4v) is 1.36. The maximum absolute atomic E-state index is 4.73. The van der Waals surface area contributed by atoms with Gasteiger partial charge in [0.05, 0.1) is 12.0 Å². The van der Waals surface area contributed by atoms with Crippen molar-refractivity contribution < 1.29 is 0 Å². The molecule has 0 aromatic carbocycles. The van der Waals surface area contributed by atoms with E-state index in [0.717, 1.165) is 23.5 Å². The van der Waals surface area contributed by atoms with Crippen LogP contribution in [-0.2, 0) is 0 Å². The smallest absolute Gasteiger partial charge is 0.105 e. The number of aliphatic imine (C=N–C) groups is 1. The van der Waals surface area contributed by atoms with Crippen LogP contribution in [0.5, 0.6) is 0 Å². The van der Waals surface area contributed by atoms with Crippen molar-refractivity contribution in [3.8, 4) is 0 Å². The van der Waals surface area contributed by atoms with Crippen LogP contribution in [0.25, 0.3) is 0 Å². The van der Waals surface area contributed by atoms with E-state index in [1.54, 1.807) is 6.33 Å². The Morgan fingerprint density at radius 1 is 1.47 bits per heavy atom. The summed E-state index contributed by atoms with van der Waals surface area (Å²) in [5, 5.41) is 0. The van der Waals surface area contributed by atoms with E-state index in [9.17, 15) is 0 Å². The van der Waals surface area contributed by atoms with Gasteiger partial charge in [0.2, 0.25) is 0 Å². The molecule has 0 spiro atoms. The number of rotatable bonds is 4. The lowest BCUT2D eigenvalue weighted by Crippen LogP contribution is -2.13. The van der Waals surface area contributed by atoms with Crippen molar-refractivity contribution in [2.24, 2.45) is 10.9 Å². The van der Waals surface area contributed by atoms with Crippen molar-refractivity contribution in [3.05, 3.63) is 17.7 Å². The molecule has 0 bridgehead atoms. The zero-order valence-electron chi connectivity index (χ0n) is 10.3. The number of imidazole rings is 1. The standard InChI is InChI=1S/C12H21N3/c1-6-11(15-9(4)8(2)3)12-10(5)13-7-14-12/h7-9H,6H2,1-5H3,(H,13,14). The van der Waals surface area contributed by atoms with Crippen LogP contribution in [0.1, 0.15) is 45.5 Å². The second-order valence-electron chi connectivity index (χ2n) is 4.29. The zero-order chi connectivity index (χ0) is 11.4. The summed E-state index contributed by atoms with van der Waals surface area (Å²) in [6, 6.07) is 0.357. The van der Waals surface area contributed by atoms with E-state index in [4.69, 9.17) is 4.99 Å². The van der Waals surface area contributed by atoms with Crippen molar-refractivity contribution in [1.82, 2.24) is 9.97 Å². The quantitative estimate of drug-likeness (QED) is 0.758. The molecule has 1 atom stereocenters. The first-order valence-electron chi connectivity index (χ1n) is 5.63. The van der Waals surface area contributed by atoms with Crippen molar-refractivity contribution in [2.45, 2.75) is 47.1 Å². The minimum absolute atomic E-state index is 0.357. The molecule has 0 radical (unpaired) electrons. The average molecular weight is 207 g/mol. The number of aromatic amines is 1. The molecule has 15 heavy (non-hydrogen) atoms. The van der Waals surface area contributed by atoms with Gasteiger partial charge in [0, 0.05) is 11.7 Å². The minimum atomic E-state index is 0.357. The lowest BCUT2D eigenvalue weighted by atomic mass is 10.1. The fraction of sp³-hybridized carbons (Fsp3) is 0.667. The molecule has 1 heterocycles. The van der Waals surface area contributed by atoms with Crippen LogP contribution in [0.3, 0.4) is 0 Å². The van der Waals surface area contributed by atoms with Gasteiger partial charge in [-0.15, -0.1) is 0 Å². The Bertz CT molecular complexity index is 336. The van der Waals surface area contributed by atoms with Crippen LogP contribution in [0, 0.1) is 12.8 Å². The lowest BCUT2D eigenvalue weighted by Gasteiger charge is -2.12. The Morgan fingerprint density at radius 3 is 2.53 bits per heavy atom. The van der Waals surface area contributed by atoms with E-state index in [2.05, 4.69) is 37.7 Å². The first-order chi connectivity index (χ1) is 7.06. The highest BCUT2D eigenvalue weighted by molar-refractivity contribution is 5.99. The van der Waals surface area contributed by atoms with Crippen LogP contribution in [0.4, 0.5) is 0 Å². The Morgan fingerprint density at radius 2 is 2.13 bits per heavy atom. The van der Waals surface area contributed by atoms with Crippen LogP contribution in [-0.4, -0.2) is 21.7 Å². The van der Waals surface area contributed by atoms with Crippen molar-refractivity contribution in [3.63, 3.8) is 0 Å². The summed E-state index contributed by atoms with van der Waals surface area (Å²) >= 11 is 0. The molecule has 1 rings (SSSR count). The van der Waals surface area contributed by atoms with E-state index in [1.807, 2.05) is 6.92 Å². The SMILES string of the molecule is CCC(=NC(C)C(C)C)c1nc[nH]c1C. The number of hydrogen-bond acceptors (Lipinski definition) is 2. The van der Waals surface area contributed by atoms with Crippen LogP contribution in [0.2, 0.25) is 0 Å². The summed E-state index contributed by atoms with van der Waals surface area (Å²) in [4.78, 5) is 12.1. The number of H-pyrrole nitrogens is 1. The second-order valence-corrected chi connectivity index (χ2v) is 4.29. The largest absolute Gasteiger partial charge is 0.348 e. The third-order valence-corrected chi connectivity index (χ3v) is 2.76. The molecular formula is C12H21N3. The predicted molar refractivity (Wildman–Crippen MR) is 64.5 cm³/mol. The van der Waals surface area contributed by atoms with Crippen LogP contribution >= 0.6 is 0 Å². The summed E-state index contributed by atoms with van der Waals surface area (Å²) in [5.74, 6) is 0.575. The van der Waals surface area contributed by atoms with Gasteiger partial charge in [-0.1, -0.05) is 20.8 Å². The van der Waals surface area contributed by atoms with Crippen molar-refractivity contribution in [1.29, 1.82) is 0 Å². The Balaban J connectivity index is 2.94. The van der Waals surface area contributed by atoms with E-state index in [1.165, 1.54) is 0 Å². The molecule has 3 heteroatoms. The average Bonchev–Trinajstić information content (AvgIpc) is 2.60. The van der Waals surface area contributed by atoms with Crippen LogP contribution < -0.4 is 0 Å². The molecule has 3 nitrogen and oxygen atoms in total. The fourth-order valence-electron chi connectivity index (χ4n) is 1.36. The van der Waals surface area contributed by atoms with Crippen molar-refractivity contribution >= 4 is 5.71 Å². The van der Waals surface area contributed by atoms with Gasteiger partial charge in [-0.3, -0.25) is 4.99 Å². The lowest BCUT2D eigenvalue weighted by molar-refractivity contribution is 0.530. The summed E-state index contributed by atoms with van der Waals surface area (Å²) < 4.78 is 0. The van der Waals surface area contributed by atoms with Gasteiger partial charge in [0.1, 0.15) is 5.69 Å². The Hall–Kier alpha value is -1.12. The zero-order valence-corrected chi connectivity index (χ0v) is 10.3. The van der Waals surface area contributed by atoms with Crippen molar-refractivity contribution in [2.75, 3.05) is 0 Å². The molecule has 0 fully saturated rings. The molecule has 0 saturated carbocycles. The second kappa shape index (κ2) is 5.10. The van der Waals surface area contributed by atoms with E-state index < -0.39 is 0 Å². The normalized spacial score (nSPS) is 14.7. The summed E-state index contributed by atoms with van der Waals surface area (Å²) in [5.41, 5.74) is 3.23. The number of nitrogens with one attached hydrogen (secondary N) is 1. The number of nitrogens with zero attached hydrogens (tertiary/aromatic N) is 2. The molecule has 0 aliphatic carbocycles. The summed E-state index contributed by atoms with van der Waals surface area (Å²) in [6.07, 6.45) is 2.67. The molecule has 1 aromatic heterocycles.